The summed E-state index contributed by atoms with van der Waals surface area (Å²) in [6.07, 6.45) is -0.0618. The molecule has 3 rings (SSSR count). The van der Waals surface area contributed by atoms with Crippen LogP contribution >= 0.6 is 0 Å². The number of benzene rings is 1. The number of nitrogen functional groups attached to an aromatic ring is 1. The first-order valence-corrected chi connectivity index (χ1v) is 6.03. The molecular formula is C13H14N4O2. The fourth-order valence-electron chi connectivity index (χ4n) is 2.42. The number of carbonyl (C=O) groups is 1. The monoisotopic (exact) mass is 258 g/mol. The average molecular weight is 258 g/mol. The number of rotatable bonds is 2. The number of aliphatic hydroxyl groups excluding tert-OH is 1. The van der Waals surface area contributed by atoms with Crippen molar-refractivity contribution >= 4 is 11.7 Å². The van der Waals surface area contributed by atoms with Crippen LogP contribution in [0.3, 0.4) is 0 Å². The van der Waals surface area contributed by atoms with Gasteiger partial charge in [0.2, 0.25) is 0 Å². The highest BCUT2D eigenvalue weighted by atomic mass is 16.3. The standard InChI is InChI=1S/C13H14N4O2/c14-11-6-9(16-17-11)13(19)15-12-8-4-2-1-3-7(8)5-10(12)18/h1-4,6,10,12,18H,5H2,(H,15,19)(H3,14,16,17)/t10-,12+/m0/s1. The van der Waals surface area contributed by atoms with Gasteiger partial charge in [-0.2, -0.15) is 5.10 Å². The van der Waals surface area contributed by atoms with Crippen LogP contribution in [0.4, 0.5) is 5.82 Å². The first-order valence-electron chi connectivity index (χ1n) is 6.03. The predicted octanol–water partition coefficient (Wildman–Crippen LogP) is 0.380. The van der Waals surface area contributed by atoms with Crippen LogP contribution in [0.1, 0.15) is 27.7 Å². The number of nitrogens with zero attached hydrogens (tertiary/aromatic N) is 1. The lowest BCUT2D eigenvalue weighted by atomic mass is 10.1. The minimum absolute atomic E-state index is 0.262. The Bertz CT molecular complexity index is 623. The van der Waals surface area contributed by atoms with Crippen LogP contribution < -0.4 is 11.1 Å². The molecule has 1 aliphatic carbocycles. The third-order valence-electron chi connectivity index (χ3n) is 3.33. The number of anilines is 1. The number of aliphatic hydroxyl groups is 1. The summed E-state index contributed by atoms with van der Waals surface area (Å²) in [5.74, 6) is -0.0672. The van der Waals surface area contributed by atoms with Crippen molar-refractivity contribution in [2.45, 2.75) is 18.6 Å². The molecule has 0 fully saturated rings. The van der Waals surface area contributed by atoms with E-state index in [0.717, 1.165) is 11.1 Å². The maximum atomic E-state index is 12.0. The molecule has 0 saturated heterocycles. The van der Waals surface area contributed by atoms with Crippen molar-refractivity contribution in [2.24, 2.45) is 0 Å². The van der Waals surface area contributed by atoms with Crippen LogP contribution in [-0.4, -0.2) is 27.3 Å². The largest absolute Gasteiger partial charge is 0.390 e. The number of hydrogen-bond acceptors (Lipinski definition) is 4. The fourth-order valence-corrected chi connectivity index (χ4v) is 2.42. The van der Waals surface area contributed by atoms with E-state index in [4.69, 9.17) is 5.73 Å². The SMILES string of the molecule is Nc1cc(C(=O)N[C@@H]2c3ccccc3C[C@@H]2O)[nH]n1. The second kappa shape index (κ2) is 4.40. The number of nitrogens with one attached hydrogen (secondary N) is 2. The molecule has 1 amide bonds. The van der Waals surface area contributed by atoms with Crippen LogP contribution in [0.25, 0.3) is 0 Å². The van der Waals surface area contributed by atoms with Gasteiger partial charge in [-0.1, -0.05) is 24.3 Å². The Morgan fingerprint density at radius 2 is 2.26 bits per heavy atom. The van der Waals surface area contributed by atoms with E-state index in [1.165, 1.54) is 6.07 Å². The maximum absolute atomic E-state index is 12.0. The molecule has 0 radical (unpaired) electrons. The van der Waals surface area contributed by atoms with Crippen LogP contribution in [-0.2, 0) is 6.42 Å². The molecule has 0 unspecified atom stereocenters. The van der Waals surface area contributed by atoms with E-state index in [9.17, 15) is 9.90 Å². The Kier molecular flexibility index (Phi) is 2.72. The van der Waals surface area contributed by atoms with Gasteiger partial charge >= 0.3 is 0 Å². The van der Waals surface area contributed by atoms with Crippen LogP contribution in [0, 0.1) is 0 Å². The van der Waals surface area contributed by atoms with Gasteiger partial charge in [0.05, 0.1) is 12.1 Å². The number of carbonyl (C=O) groups excluding carboxylic acids is 1. The Morgan fingerprint density at radius 1 is 1.47 bits per heavy atom. The lowest BCUT2D eigenvalue weighted by Crippen LogP contribution is -2.34. The van der Waals surface area contributed by atoms with Gasteiger partial charge in [-0.25, -0.2) is 0 Å². The molecule has 6 heteroatoms. The number of nitrogens with two attached hydrogens (primary N) is 1. The highest BCUT2D eigenvalue weighted by Gasteiger charge is 2.32. The van der Waals surface area contributed by atoms with Gasteiger partial charge in [-0.05, 0) is 11.1 Å². The van der Waals surface area contributed by atoms with Gasteiger partial charge < -0.3 is 16.2 Å². The average Bonchev–Trinajstić information content (AvgIpc) is 2.95. The third-order valence-corrected chi connectivity index (χ3v) is 3.33. The van der Waals surface area contributed by atoms with Crippen molar-refractivity contribution in [1.82, 2.24) is 15.5 Å². The lowest BCUT2D eigenvalue weighted by Gasteiger charge is -2.17. The van der Waals surface area contributed by atoms with Crippen molar-refractivity contribution in [2.75, 3.05) is 5.73 Å². The van der Waals surface area contributed by atoms with E-state index in [2.05, 4.69) is 15.5 Å². The molecule has 0 bridgehead atoms. The summed E-state index contributed by atoms with van der Waals surface area (Å²) in [4.78, 5) is 12.0. The van der Waals surface area contributed by atoms with E-state index in [1.807, 2.05) is 24.3 Å². The van der Waals surface area contributed by atoms with Crippen LogP contribution in [0.15, 0.2) is 30.3 Å². The number of fused-ring (bicyclic) bond motifs is 1. The number of aromatic nitrogens is 2. The molecule has 1 aliphatic rings. The first-order chi connectivity index (χ1) is 9.15. The van der Waals surface area contributed by atoms with Crippen molar-refractivity contribution in [3.05, 3.63) is 47.2 Å². The van der Waals surface area contributed by atoms with Crippen molar-refractivity contribution in [3.8, 4) is 0 Å². The smallest absolute Gasteiger partial charge is 0.269 e. The molecule has 0 spiro atoms. The highest BCUT2D eigenvalue weighted by molar-refractivity contribution is 5.93. The maximum Gasteiger partial charge on any atom is 0.269 e. The molecule has 6 nitrogen and oxygen atoms in total. The minimum atomic E-state index is -0.610. The second-order valence-electron chi connectivity index (χ2n) is 4.63. The van der Waals surface area contributed by atoms with Crippen molar-refractivity contribution in [3.63, 3.8) is 0 Å². The first kappa shape index (κ1) is 11.7. The summed E-state index contributed by atoms with van der Waals surface area (Å²) < 4.78 is 0. The molecule has 98 valence electrons. The highest BCUT2D eigenvalue weighted by Crippen LogP contribution is 2.31. The molecule has 19 heavy (non-hydrogen) atoms. The Hall–Kier alpha value is -2.34. The molecule has 5 N–H and O–H groups in total. The zero-order valence-electron chi connectivity index (χ0n) is 10.1. The third kappa shape index (κ3) is 2.06. The molecule has 2 atom stereocenters. The lowest BCUT2D eigenvalue weighted by molar-refractivity contribution is 0.0853. The van der Waals surface area contributed by atoms with Gasteiger partial charge in [-0.15, -0.1) is 0 Å². The minimum Gasteiger partial charge on any atom is -0.390 e. The predicted molar refractivity (Wildman–Crippen MR) is 69.4 cm³/mol. The summed E-state index contributed by atoms with van der Waals surface area (Å²) >= 11 is 0. The van der Waals surface area contributed by atoms with Gasteiger partial charge in [-0.3, -0.25) is 9.89 Å². The summed E-state index contributed by atoms with van der Waals surface area (Å²) in [6.45, 7) is 0. The van der Waals surface area contributed by atoms with Gasteiger partial charge in [0.25, 0.3) is 5.91 Å². The van der Waals surface area contributed by atoms with Crippen LogP contribution in [0.5, 0.6) is 0 Å². The summed E-state index contributed by atoms with van der Waals surface area (Å²) in [6, 6.07) is 8.75. The van der Waals surface area contributed by atoms with E-state index in [0.29, 0.717) is 6.42 Å². The molecule has 1 aromatic heterocycles. The van der Waals surface area contributed by atoms with E-state index < -0.39 is 12.1 Å². The summed E-state index contributed by atoms with van der Waals surface area (Å²) in [7, 11) is 0. The molecule has 1 heterocycles. The zero-order chi connectivity index (χ0) is 13.4. The Labute approximate surface area is 109 Å². The van der Waals surface area contributed by atoms with E-state index in [-0.39, 0.29) is 17.4 Å². The number of amides is 1. The summed E-state index contributed by atoms with van der Waals surface area (Å²) in [5, 5.41) is 19.1. The number of H-pyrrole nitrogens is 1. The molecule has 0 saturated carbocycles. The Balaban J connectivity index is 1.82. The quantitative estimate of drug-likeness (QED) is 0.625. The van der Waals surface area contributed by atoms with Crippen molar-refractivity contribution in [1.29, 1.82) is 0 Å². The molecule has 1 aromatic carbocycles. The van der Waals surface area contributed by atoms with Crippen molar-refractivity contribution < 1.29 is 9.90 Å². The van der Waals surface area contributed by atoms with Gasteiger partial charge in [0.15, 0.2) is 0 Å². The van der Waals surface area contributed by atoms with Gasteiger partial charge in [0, 0.05) is 12.5 Å². The number of aromatic amines is 1. The van der Waals surface area contributed by atoms with Crippen LogP contribution in [0.2, 0.25) is 0 Å². The Morgan fingerprint density at radius 3 is 3.00 bits per heavy atom. The zero-order valence-corrected chi connectivity index (χ0v) is 10.1. The molecule has 2 aromatic rings. The normalized spacial score (nSPS) is 21.1. The van der Waals surface area contributed by atoms with E-state index in [1.54, 1.807) is 0 Å². The molecule has 0 aliphatic heterocycles. The fraction of sp³-hybridized carbons (Fsp3) is 0.231. The molecular weight excluding hydrogens is 244 g/mol. The van der Waals surface area contributed by atoms with Gasteiger partial charge in [0.1, 0.15) is 11.5 Å². The van der Waals surface area contributed by atoms with E-state index >= 15 is 0 Å². The number of hydrogen-bond donors (Lipinski definition) is 4. The summed E-state index contributed by atoms with van der Waals surface area (Å²) in [5.41, 5.74) is 7.76. The topological polar surface area (TPSA) is 104 Å². The second-order valence-corrected chi connectivity index (χ2v) is 4.63.